The second-order valence-corrected chi connectivity index (χ2v) is 7.76. The van der Waals surface area contributed by atoms with E-state index in [1.807, 2.05) is 18.2 Å². The number of amides is 1. The molecule has 0 aliphatic rings. The molecule has 0 unspecified atom stereocenters. The molecule has 0 saturated heterocycles. The number of rotatable bonds is 10. The first-order chi connectivity index (χ1) is 15.3. The minimum Gasteiger partial charge on any atom is -0.390 e. The zero-order chi connectivity index (χ0) is 23.1. The van der Waals surface area contributed by atoms with E-state index in [2.05, 4.69) is 28.8 Å². The second kappa shape index (κ2) is 11.0. The maximum Gasteiger partial charge on any atom is 0.273 e. The highest BCUT2D eigenvalue weighted by Crippen LogP contribution is 2.13. The van der Waals surface area contributed by atoms with Crippen LogP contribution in [0.4, 0.5) is 8.78 Å². The van der Waals surface area contributed by atoms with Crippen LogP contribution < -0.4 is 10.6 Å². The lowest BCUT2D eigenvalue weighted by molar-refractivity contribution is 0.0821. The molecule has 0 fully saturated rings. The number of aliphatic hydroxyl groups excluding tert-OH is 1. The van der Waals surface area contributed by atoms with Crippen molar-refractivity contribution >= 4 is 5.91 Å². The Kier molecular flexibility index (Phi) is 8.08. The molecule has 2 atom stereocenters. The summed E-state index contributed by atoms with van der Waals surface area (Å²) in [5.74, 6) is -1.52. The lowest BCUT2D eigenvalue weighted by Gasteiger charge is -2.24. The lowest BCUT2D eigenvalue weighted by atomic mass is 10.00. The van der Waals surface area contributed by atoms with E-state index in [1.165, 1.54) is 23.8 Å². The highest BCUT2D eigenvalue weighted by molar-refractivity contribution is 5.92. The molecule has 0 radical (unpaired) electrons. The van der Waals surface area contributed by atoms with E-state index in [0.29, 0.717) is 17.9 Å². The Hall–Kier alpha value is -3.10. The first kappa shape index (κ1) is 23.6. The maximum absolute atomic E-state index is 13.6. The molecular formula is C24H27F2N3O3. The summed E-state index contributed by atoms with van der Waals surface area (Å²) >= 11 is 0. The number of nitrogens with zero attached hydrogens (tertiary/aromatic N) is 1. The van der Waals surface area contributed by atoms with Crippen molar-refractivity contribution in [3.8, 4) is 0 Å². The van der Waals surface area contributed by atoms with Gasteiger partial charge in [-0.3, -0.25) is 4.79 Å². The minimum atomic E-state index is -1.02. The number of halogens is 2. The Balaban J connectivity index is 1.68. The number of carbonyl (C=O) groups is 1. The molecule has 0 saturated carbocycles. The van der Waals surface area contributed by atoms with Gasteiger partial charge in [0.25, 0.3) is 5.91 Å². The van der Waals surface area contributed by atoms with E-state index in [-0.39, 0.29) is 18.7 Å². The van der Waals surface area contributed by atoms with Crippen LogP contribution in [0.5, 0.6) is 0 Å². The monoisotopic (exact) mass is 443 g/mol. The molecule has 170 valence electrons. The van der Waals surface area contributed by atoms with Crippen molar-refractivity contribution in [2.75, 3.05) is 6.54 Å². The highest BCUT2D eigenvalue weighted by Gasteiger charge is 2.24. The molecule has 0 bridgehead atoms. The van der Waals surface area contributed by atoms with Gasteiger partial charge in [-0.05, 0) is 48.6 Å². The van der Waals surface area contributed by atoms with Gasteiger partial charge in [0.05, 0.1) is 12.1 Å². The van der Waals surface area contributed by atoms with Crippen LogP contribution in [0.15, 0.2) is 53.1 Å². The number of carbonyl (C=O) groups excluding carboxylic acids is 1. The summed E-state index contributed by atoms with van der Waals surface area (Å²) in [6.07, 6.45) is -0.0607. The van der Waals surface area contributed by atoms with Crippen LogP contribution in [0.1, 0.15) is 39.9 Å². The van der Waals surface area contributed by atoms with E-state index in [1.54, 1.807) is 6.92 Å². The summed E-state index contributed by atoms with van der Waals surface area (Å²) in [6, 6.07) is 11.9. The summed E-state index contributed by atoms with van der Waals surface area (Å²) in [4.78, 5) is 12.5. The largest absolute Gasteiger partial charge is 0.390 e. The van der Waals surface area contributed by atoms with Crippen LogP contribution in [-0.4, -0.2) is 34.9 Å². The summed E-state index contributed by atoms with van der Waals surface area (Å²) in [5, 5.41) is 20.3. The molecule has 1 amide bonds. The third-order valence-corrected chi connectivity index (χ3v) is 5.10. The highest BCUT2D eigenvalue weighted by atomic mass is 19.1. The predicted molar refractivity (Wildman–Crippen MR) is 116 cm³/mol. The molecule has 3 rings (SSSR count). The topological polar surface area (TPSA) is 87.4 Å². The fourth-order valence-corrected chi connectivity index (χ4v) is 3.45. The molecular weight excluding hydrogens is 416 g/mol. The van der Waals surface area contributed by atoms with Crippen molar-refractivity contribution in [1.82, 2.24) is 15.8 Å². The Morgan fingerprint density at radius 3 is 2.47 bits per heavy atom. The van der Waals surface area contributed by atoms with Crippen molar-refractivity contribution in [2.45, 2.75) is 45.4 Å². The molecule has 3 N–H and O–H groups in total. The molecule has 1 aromatic heterocycles. The fourth-order valence-electron chi connectivity index (χ4n) is 3.45. The third kappa shape index (κ3) is 6.70. The van der Waals surface area contributed by atoms with E-state index in [0.717, 1.165) is 18.1 Å². The number of hydrogen-bond donors (Lipinski definition) is 3. The van der Waals surface area contributed by atoms with Gasteiger partial charge < -0.3 is 20.3 Å². The van der Waals surface area contributed by atoms with E-state index in [9.17, 15) is 18.7 Å². The van der Waals surface area contributed by atoms with Crippen molar-refractivity contribution in [2.24, 2.45) is 0 Å². The SMILES string of the molecule is CCc1cccc(CNC[C@H](O)[C@H](Cc2cc(F)cc(F)c2)NC(=O)c2cc(C)on2)c1. The van der Waals surface area contributed by atoms with Crippen LogP contribution >= 0.6 is 0 Å². The number of hydrogen-bond acceptors (Lipinski definition) is 5. The van der Waals surface area contributed by atoms with Gasteiger partial charge in [0, 0.05) is 25.2 Å². The van der Waals surface area contributed by atoms with Gasteiger partial charge in [-0.1, -0.05) is 36.3 Å². The number of benzene rings is 2. The van der Waals surface area contributed by atoms with Crippen LogP contribution in [0.25, 0.3) is 0 Å². The number of aromatic nitrogens is 1. The fraction of sp³-hybridized carbons (Fsp3) is 0.333. The second-order valence-electron chi connectivity index (χ2n) is 7.76. The zero-order valence-electron chi connectivity index (χ0n) is 18.1. The molecule has 0 aliphatic heterocycles. The van der Waals surface area contributed by atoms with Gasteiger partial charge in [-0.15, -0.1) is 0 Å². The molecule has 8 heteroatoms. The molecule has 2 aromatic carbocycles. The third-order valence-electron chi connectivity index (χ3n) is 5.10. The number of aryl methyl sites for hydroxylation is 2. The average molecular weight is 443 g/mol. The number of aliphatic hydroxyl groups is 1. The Morgan fingerprint density at radius 2 is 1.81 bits per heavy atom. The normalized spacial score (nSPS) is 13.0. The predicted octanol–water partition coefficient (Wildman–Crippen LogP) is 3.32. The first-order valence-electron chi connectivity index (χ1n) is 10.5. The van der Waals surface area contributed by atoms with Gasteiger partial charge in [0.2, 0.25) is 0 Å². The van der Waals surface area contributed by atoms with Crippen LogP contribution in [0.2, 0.25) is 0 Å². The van der Waals surface area contributed by atoms with Gasteiger partial charge in [-0.25, -0.2) is 8.78 Å². The summed E-state index contributed by atoms with van der Waals surface area (Å²) in [6.45, 7) is 4.43. The number of nitrogens with one attached hydrogen (secondary N) is 2. The zero-order valence-corrected chi connectivity index (χ0v) is 18.1. The lowest BCUT2D eigenvalue weighted by Crippen LogP contribution is -2.48. The quantitative estimate of drug-likeness (QED) is 0.448. The van der Waals surface area contributed by atoms with Crippen molar-refractivity contribution in [3.63, 3.8) is 0 Å². The van der Waals surface area contributed by atoms with Gasteiger partial charge >= 0.3 is 0 Å². The molecule has 32 heavy (non-hydrogen) atoms. The Labute approximate surface area is 185 Å². The summed E-state index contributed by atoms with van der Waals surface area (Å²) in [7, 11) is 0. The van der Waals surface area contributed by atoms with Crippen LogP contribution in [-0.2, 0) is 19.4 Å². The average Bonchev–Trinajstić information content (AvgIpc) is 3.19. The molecule has 1 heterocycles. The van der Waals surface area contributed by atoms with E-state index < -0.39 is 29.7 Å². The standard InChI is InChI=1S/C24H27F2N3O3/c1-3-16-5-4-6-17(8-16)13-27-14-23(30)21(11-18-9-19(25)12-20(26)10-18)28-24(31)22-7-15(2)32-29-22/h4-10,12,21,23,27,30H,3,11,13-14H2,1-2H3,(H,28,31)/t21-,23-/m0/s1. The van der Waals surface area contributed by atoms with Gasteiger partial charge in [0.1, 0.15) is 17.4 Å². The van der Waals surface area contributed by atoms with E-state index >= 15 is 0 Å². The van der Waals surface area contributed by atoms with Gasteiger partial charge in [0.15, 0.2) is 5.69 Å². The van der Waals surface area contributed by atoms with Crippen molar-refractivity contribution in [3.05, 3.63) is 88.3 Å². The van der Waals surface area contributed by atoms with Gasteiger partial charge in [-0.2, -0.15) is 0 Å². The van der Waals surface area contributed by atoms with Crippen LogP contribution in [0.3, 0.4) is 0 Å². The van der Waals surface area contributed by atoms with Crippen molar-refractivity contribution < 1.29 is 23.2 Å². The summed E-state index contributed by atoms with van der Waals surface area (Å²) in [5.41, 5.74) is 2.67. The smallest absolute Gasteiger partial charge is 0.273 e. The van der Waals surface area contributed by atoms with E-state index in [4.69, 9.17) is 4.52 Å². The Morgan fingerprint density at radius 1 is 1.09 bits per heavy atom. The maximum atomic E-state index is 13.6. The summed E-state index contributed by atoms with van der Waals surface area (Å²) < 4.78 is 32.2. The molecule has 3 aromatic rings. The van der Waals surface area contributed by atoms with Crippen LogP contribution in [0, 0.1) is 18.6 Å². The molecule has 0 aliphatic carbocycles. The minimum absolute atomic E-state index is 0.0332. The first-order valence-corrected chi connectivity index (χ1v) is 10.5. The van der Waals surface area contributed by atoms with Crippen molar-refractivity contribution in [1.29, 1.82) is 0 Å². The molecule has 0 spiro atoms. The molecule has 6 nitrogen and oxygen atoms in total. The Bertz CT molecular complexity index is 1030.